The molecule has 1 N–H and O–H groups in total. The molecule has 1 aliphatic rings. The number of nitrogens with zero attached hydrogens (tertiary/aromatic N) is 2. The summed E-state index contributed by atoms with van der Waals surface area (Å²) in [6, 6.07) is 5.40. The summed E-state index contributed by atoms with van der Waals surface area (Å²) in [7, 11) is 1.76. The van der Waals surface area contributed by atoms with Gasteiger partial charge in [0.15, 0.2) is 0 Å². The van der Waals surface area contributed by atoms with Gasteiger partial charge in [0.1, 0.15) is 0 Å². The number of amides is 2. The molecule has 1 aromatic rings. The van der Waals surface area contributed by atoms with Crippen LogP contribution < -0.4 is 5.32 Å². The molecule has 1 fully saturated rings. The van der Waals surface area contributed by atoms with Crippen LogP contribution in [0.2, 0.25) is 0 Å². The summed E-state index contributed by atoms with van der Waals surface area (Å²) in [5.74, 6) is -0.731. The monoisotopic (exact) mass is 403 g/mol. The second-order valence-electron chi connectivity index (χ2n) is 7.78. The van der Waals surface area contributed by atoms with Crippen LogP contribution in [0, 0.1) is 19.8 Å². The number of nitrogens with one attached hydrogen (secondary N) is 1. The summed E-state index contributed by atoms with van der Waals surface area (Å²) >= 11 is 0. The first kappa shape index (κ1) is 22.9. The van der Waals surface area contributed by atoms with E-state index in [2.05, 4.69) is 5.32 Å². The summed E-state index contributed by atoms with van der Waals surface area (Å²) < 4.78 is 5.11. The fourth-order valence-corrected chi connectivity index (χ4v) is 3.64. The number of benzene rings is 1. The van der Waals surface area contributed by atoms with Crippen LogP contribution in [0.3, 0.4) is 0 Å². The highest BCUT2D eigenvalue weighted by atomic mass is 16.5. The number of ether oxygens (including phenoxy) is 1. The Labute approximate surface area is 173 Å². The SMILES string of the molecule is CCOC(=O)C1CCCN(C(=O)C(C)N(C)CC(=O)Nc2c(C)cccc2C)C1. The molecule has 2 rings (SSSR count). The Morgan fingerprint density at radius 1 is 1.28 bits per heavy atom. The van der Waals surface area contributed by atoms with Gasteiger partial charge in [-0.05, 0) is 58.7 Å². The van der Waals surface area contributed by atoms with Gasteiger partial charge in [0.05, 0.1) is 25.1 Å². The lowest BCUT2D eigenvalue weighted by Crippen LogP contribution is -2.51. The molecule has 7 nitrogen and oxygen atoms in total. The fraction of sp³-hybridized carbons (Fsp3) is 0.591. The predicted octanol–water partition coefficient (Wildman–Crippen LogP) is 2.36. The first-order valence-electron chi connectivity index (χ1n) is 10.3. The van der Waals surface area contributed by atoms with E-state index in [4.69, 9.17) is 4.74 Å². The van der Waals surface area contributed by atoms with Crippen LogP contribution in [-0.4, -0.2) is 66.9 Å². The molecule has 1 saturated heterocycles. The van der Waals surface area contributed by atoms with Gasteiger partial charge in [-0.15, -0.1) is 0 Å². The predicted molar refractivity (Wildman–Crippen MR) is 113 cm³/mol. The van der Waals surface area contributed by atoms with Crippen LogP contribution in [0.4, 0.5) is 5.69 Å². The molecule has 7 heteroatoms. The molecule has 29 heavy (non-hydrogen) atoms. The minimum atomic E-state index is -0.459. The highest BCUT2D eigenvalue weighted by molar-refractivity contribution is 5.94. The first-order chi connectivity index (χ1) is 13.7. The number of anilines is 1. The van der Waals surface area contributed by atoms with Crippen molar-refractivity contribution in [3.63, 3.8) is 0 Å². The zero-order valence-electron chi connectivity index (χ0n) is 18.2. The van der Waals surface area contributed by atoms with E-state index < -0.39 is 6.04 Å². The van der Waals surface area contributed by atoms with Crippen molar-refractivity contribution in [3.8, 4) is 0 Å². The third-order valence-corrected chi connectivity index (χ3v) is 5.51. The number of carbonyl (C=O) groups excluding carboxylic acids is 3. The zero-order chi connectivity index (χ0) is 21.6. The molecule has 160 valence electrons. The van der Waals surface area contributed by atoms with Gasteiger partial charge in [-0.25, -0.2) is 0 Å². The molecule has 0 aliphatic carbocycles. The number of esters is 1. The average molecular weight is 404 g/mol. The number of hydrogen-bond donors (Lipinski definition) is 1. The summed E-state index contributed by atoms with van der Waals surface area (Å²) in [6.07, 6.45) is 1.52. The standard InChI is InChI=1S/C22H33N3O4/c1-6-29-22(28)18-11-8-12-25(13-18)21(27)17(4)24(5)14-19(26)23-20-15(2)9-7-10-16(20)3/h7,9-10,17-18H,6,8,11-14H2,1-5H3,(H,23,26). The third kappa shape index (κ3) is 6.03. The van der Waals surface area contributed by atoms with Crippen LogP contribution in [0.15, 0.2) is 18.2 Å². The first-order valence-corrected chi connectivity index (χ1v) is 10.3. The molecule has 2 amide bonds. The Kier molecular flexibility index (Phi) is 8.20. The van der Waals surface area contributed by atoms with Crippen molar-refractivity contribution < 1.29 is 19.1 Å². The van der Waals surface area contributed by atoms with Gasteiger partial charge in [0.2, 0.25) is 11.8 Å². The Bertz CT molecular complexity index is 729. The van der Waals surface area contributed by atoms with Crippen LogP contribution in [0.1, 0.15) is 37.8 Å². The smallest absolute Gasteiger partial charge is 0.310 e. The lowest BCUT2D eigenvalue weighted by Gasteiger charge is -2.35. The van der Waals surface area contributed by atoms with Gasteiger partial charge in [0, 0.05) is 18.8 Å². The Morgan fingerprint density at radius 3 is 2.55 bits per heavy atom. The molecular weight excluding hydrogens is 370 g/mol. The van der Waals surface area contributed by atoms with Crippen molar-refractivity contribution in [1.29, 1.82) is 0 Å². The summed E-state index contributed by atoms with van der Waals surface area (Å²) in [4.78, 5) is 40.9. The van der Waals surface area contributed by atoms with Crippen molar-refractivity contribution in [2.24, 2.45) is 5.92 Å². The van der Waals surface area contributed by atoms with E-state index >= 15 is 0 Å². The Balaban J connectivity index is 1.93. The second-order valence-corrected chi connectivity index (χ2v) is 7.78. The normalized spacial score (nSPS) is 17.7. The average Bonchev–Trinajstić information content (AvgIpc) is 2.70. The van der Waals surface area contributed by atoms with E-state index in [1.807, 2.05) is 32.0 Å². The van der Waals surface area contributed by atoms with Crippen LogP contribution in [0.25, 0.3) is 0 Å². The second kappa shape index (κ2) is 10.4. The van der Waals surface area contributed by atoms with E-state index in [1.165, 1.54) is 0 Å². The Hall–Kier alpha value is -2.41. The van der Waals surface area contributed by atoms with Crippen molar-refractivity contribution in [1.82, 2.24) is 9.80 Å². The molecule has 2 atom stereocenters. The number of aryl methyl sites for hydroxylation is 2. The highest BCUT2D eigenvalue weighted by Gasteiger charge is 2.32. The number of carbonyl (C=O) groups is 3. The number of likely N-dealkylation sites (N-methyl/N-ethyl adjacent to an activating group) is 1. The van der Waals surface area contributed by atoms with Gasteiger partial charge < -0.3 is 15.0 Å². The molecule has 2 unspecified atom stereocenters. The number of rotatable bonds is 7. The summed E-state index contributed by atoms with van der Waals surface area (Å²) in [5, 5.41) is 2.95. The highest BCUT2D eigenvalue weighted by Crippen LogP contribution is 2.21. The molecule has 0 spiro atoms. The number of likely N-dealkylation sites (tertiary alicyclic amines) is 1. The van der Waals surface area contributed by atoms with Crippen molar-refractivity contribution in [2.45, 2.75) is 46.6 Å². The number of hydrogen-bond acceptors (Lipinski definition) is 5. The molecule has 1 aliphatic heterocycles. The van der Waals surface area contributed by atoms with E-state index in [0.29, 0.717) is 19.7 Å². The molecule has 0 radical (unpaired) electrons. The third-order valence-electron chi connectivity index (χ3n) is 5.51. The largest absolute Gasteiger partial charge is 0.466 e. The van der Waals surface area contributed by atoms with Crippen LogP contribution >= 0.6 is 0 Å². The van der Waals surface area contributed by atoms with E-state index in [1.54, 1.807) is 30.7 Å². The summed E-state index contributed by atoms with van der Waals surface area (Å²) in [5.41, 5.74) is 2.82. The van der Waals surface area contributed by atoms with Gasteiger partial charge in [-0.2, -0.15) is 0 Å². The minimum Gasteiger partial charge on any atom is -0.466 e. The van der Waals surface area contributed by atoms with Crippen LogP contribution in [-0.2, 0) is 19.1 Å². The van der Waals surface area contributed by atoms with E-state index in [0.717, 1.165) is 29.7 Å². The van der Waals surface area contributed by atoms with Crippen molar-refractivity contribution >= 4 is 23.5 Å². The van der Waals surface area contributed by atoms with Crippen molar-refractivity contribution in [2.75, 3.05) is 38.6 Å². The van der Waals surface area contributed by atoms with Crippen molar-refractivity contribution in [3.05, 3.63) is 29.3 Å². The zero-order valence-corrected chi connectivity index (χ0v) is 18.2. The quantitative estimate of drug-likeness (QED) is 0.707. The van der Waals surface area contributed by atoms with Gasteiger partial charge in [0.25, 0.3) is 0 Å². The van der Waals surface area contributed by atoms with Gasteiger partial charge in [-0.1, -0.05) is 18.2 Å². The molecule has 0 aromatic heterocycles. The molecular formula is C22H33N3O4. The lowest BCUT2D eigenvalue weighted by molar-refractivity contribution is -0.152. The topological polar surface area (TPSA) is 79.0 Å². The molecule has 0 bridgehead atoms. The maximum Gasteiger partial charge on any atom is 0.310 e. The van der Waals surface area contributed by atoms with Gasteiger partial charge in [-0.3, -0.25) is 19.3 Å². The molecule has 1 heterocycles. The molecule has 0 saturated carbocycles. The van der Waals surface area contributed by atoms with E-state index in [9.17, 15) is 14.4 Å². The molecule has 1 aromatic carbocycles. The lowest BCUT2D eigenvalue weighted by atomic mass is 9.97. The van der Waals surface area contributed by atoms with Crippen LogP contribution in [0.5, 0.6) is 0 Å². The number of para-hydroxylation sites is 1. The minimum absolute atomic E-state index is 0.0682. The summed E-state index contributed by atoms with van der Waals surface area (Å²) in [6.45, 7) is 8.94. The number of piperidine rings is 1. The van der Waals surface area contributed by atoms with E-state index in [-0.39, 0.29) is 30.2 Å². The Morgan fingerprint density at radius 2 is 1.93 bits per heavy atom. The van der Waals surface area contributed by atoms with Gasteiger partial charge >= 0.3 is 5.97 Å². The maximum atomic E-state index is 12.9. The maximum absolute atomic E-state index is 12.9. The fourth-order valence-electron chi connectivity index (χ4n) is 3.64.